The molecule has 0 saturated heterocycles. The van der Waals surface area contributed by atoms with Crippen LogP contribution in [0.1, 0.15) is 25.3 Å². The van der Waals surface area contributed by atoms with Crippen molar-refractivity contribution in [2.75, 3.05) is 0 Å². The zero-order chi connectivity index (χ0) is 19.4. The normalized spacial score (nSPS) is 11.4. The Morgan fingerprint density at radius 2 is 2.11 bits per heavy atom. The molecule has 1 amide bonds. The molecular weight excluding hydrogens is 366 g/mol. The summed E-state index contributed by atoms with van der Waals surface area (Å²) in [5.41, 5.74) is 1.52. The zero-order valence-corrected chi connectivity index (χ0v) is 16.1. The summed E-state index contributed by atoms with van der Waals surface area (Å²) in [6.45, 7) is 4.08. The first-order valence-electron chi connectivity index (χ1n) is 8.48. The quantitative estimate of drug-likeness (QED) is 0.606. The van der Waals surface area contributed by atoms with Crippen molar-refractivity contribution >= 4 is 23.6 Å². The van der Waals surface area contributed by atoms with Crippen molar-refractivity contribution in [1.29, 1.82) is 0 Å². The Hall–Kier alpha value is -2.93. The molecule has 0 aliphatic rings. The lowest BCUT2D eigenvalue weighted by molar-refractivity contribution is -0.128. The molecule has 3 rings (SSSR count). The molecule has 0 bridgehead atoms. The summed E-state index contributed by atoms with van der Waals surface area (Å²) in [5.74, 6) is 0.533. The van der Waals surface area contributed by atoms with Gasteiger partial charge in [-0.05, 0) is 32.1 Å². The average molecular weight is 386 g/mol. The first-order valence-corrected chi connectivity index (χ1v) is 8.86. The highest BCUT2D eigenvalue weighted by Gasteiger charge is 2.19. The number of benzene rings is 1. The Morgan fingerprint density at radius 1 is 1.33 bits per heavy atom. The number of rotatable bonds is 6. The lowest BCUT2D eigenvalue weighted by Gasteiger charge is -2.23. The minimum absolute atomic E-state index is 0.0355. The van der Waals surface area contributed by atoms with Crippen LogP contribution in [0.25, 0.3) is 17.5 Å². The summed E-state index contributed by atoms with van der Waals surface area (Å²) in [6.07, 6.45) is 6.77. The standard InChI is InChI=1S/C19H20ClN5O2/c1-13(2)25(18(26)9-8-14-10-21-24(3)11-14)12-17-22-23-19(27-17)15-6-4-5-7-16(15)20/h4-11,13H,12H2,1-3H3/b9-8+. The third-order valence-electron chi connectivity index (χ3n) is 3.93. The van der Waals surface area contributed by atoms with Gasteiger partial charge in [0.1, 0.15) is 0 Å². The molecule has 3 aromatic rings. The maximum absolute atomic E-state index is 12.6. The van der Waals surface area contributed by atoms with E-state index in [1.54, 1.807) is 27.9 Å². The van der Waals surface area contributed by atoms with E-state index in [9.17, 15) is 4.79 Å². The number of carbonyl (C=O) groups is 1. The SMILES string of the molecule is CC(C)N(Cc1nnc(-c2ccccc2Cl)o1)C(=O)/C=C/c1cnn(C)c1. The maximum atomic E-state index is 12.6. The Morgan fingerprint density at radius 3 is 2.78 bits per heavy atom. The molecule has 2 aromatic heterocycles. The van der Waals surface area contributed by atoms with Gasteiger partial charge >= 0.3 is 0 Å². The van der Waals surface area contributed by atoms with Gasteiger partial charge in [0.25, 0.3) is 0 Å². The molecule has 2 heterocycles. The van der Waals surface area contributed by atoms with Gasteiger partial charge < -0.3 is 9.32 Å². The van der Waals surface area contributed by atoms with E-state index in [2.05, 4.69) is 15.3 Å². The number of hydrogen-bond donors (Lipinski definition) is 0. The van der Waals surface area contributed by atoms with Gasteiger partial charge in [0.05, 0.1) is 23.3 Å². The van der Waals surface area contributed by atoms with E-state index in [1.165, 1.54) is 6.08 Å². The first kappa shape index (κ1) is 18.8. The number of nitrogens with zero attached hydrogens (tertiary/aromatic N) is 5. The van der Waals surface area contributed by atoms with Crippen LogP contribution >= 0.6 is 11.6 Å². The fourth-order valence-corrected chi connectivity index (χ4v) is 2.73. The lowest BCUT2D eigenvalue weighted by Crippen LogP contribution is -2.35. The second-order valence-electron chi connectivity index (χ2n) is 6.32. The molecule has 0 fully saturated rings. The van der Waals surface area contributed by atoms with Gasteiger partial charge in [0, 0.05) is 30.9 Å². The molecule has 0 unspecified atom stereocenters. The molecule has 27 heavy (non-hydrogen) atoms. The summed E-state index contributed by atoms with van der Waals surface area (Å²) in [5, 5.41) is 12.7. The Balaban J connectivity index is 1.74. The zero-order valence-electron chi connectivity index (χ0n) is 15.3. The fourth-order valence-electron chi connectivity index (χ4n) is 2.51. The Bertz CT molecular complexity index is 960. The van der Waals surface area contributed by atoms with Crippen LogP contribution in [0, 0.1) is 0 Å². The van der Waals surface area contributed by atoms with Crippen molar-refractivity contribution < 1.29 is 9.21 Å². The molecule has 0 aliphatic heterocycles. The second-order valence-corrected chi connectivity index (χ2v) is 6.73. The van der Waals surface area contributed by atoms with Crippen molar-refractivity contribution in [3.63, 3.8) is 0 Å². The van der Waals surface area contributed by atoms with Crippen molar-refractivity contribution in [2.45, 2.75) is 26.4 Å². The molecule has 1 aromatic carbocycles. The van der Waals surface area contributed by atoms with Crippen LogP contribution in [0.3, 0.4) is 0 Å². The molecule has 0 spiro atoms. The molecule has 0 saturated carbocycles. The van der Waals surface area contributed by atoms with Crippen molar-refractivity contribution in [3.05, 3.63) is 59.2 Å². The van der Waals surface area contributed by atoms with Gasteiger partial charge in [0.2, 0.25) is 17.7 Å². The highest BCUT2D eigenvalue weighted by atomic mass is 35.5. The second kappa shape index (κ2) is 8.18. The monoisotopic (exact) mass is 385 g/mol. The number of aryl methyl sites for hydroxylation is 1. The van der Waals surface area contributed by atoms with E-state index in [-0.39, 0.29) is 18.5 Å². The van der Waals surface area contributed by atoms with Crippen molar-refractivity contribution in [3.8, 4) is 11.5 Å². The topological polar surface area (TPSA) is 77.1 Å². The number of aromatic nitrogens is 4. The number of carbonyl (C=O) groups excluding carboxylic acids is 1. The lowest BCUT2D eigenvalue weighted by atomic mass is 10.2. The molecule has 8 heteroatoms. The van der Waals surface area contributed by atoms with Crippen molar-refractivity contribution in [2.24, 2.45) is 7.05 Å². The number of amides is 1. The van der Waals surface area contributed by atoms with Crippen LogP contribution in [0.15, 0.2) is 47.2 Å². The highest BCUT2D eigenvalue weighted by molar-refractivity contribution is 6.33. The highest BCUT2D eigenvalue weighted by Crippen LogP contribution is 2.26. The summed E-state index contributed by atoms with van der Waals surface area (Å²) in [6, 6.07) is 7.21. The molecular formula is C19H20ClN5O2. The van der Waals surface area contributed by atoms with E-state index in [0.717, 1.165) is 5.56 Å². The van der Waals surface area contributed by atoms with E-state index < -0.39 is 0 Å². The van der Waals surface area contributed by atoms with Gasteiger partial charge in [-0.3, -0.25) is 9.48 Å². The third-order valence-corrected chi connectivity index (χ3v) is 4.26. The predicted molar refractivity (Wildman–Crippen MR) is 103 cm³/mol. The molecule has 7 nitrogen and oxygen atoms in total. The minimum Gasteiger partial charge on any atom is -0.419 e. The summed E-state index contributed by atoms with van der Waals surface area (Å²) >= 11 is 6.17. The van der Waals surface area contributed by atoms with E-state index >= 15 is 0 Å². The van der Waals surface area contributed by atoms with Gasteiger partial charge in [-0.1, -0.05) is 23.7 Å². The summed E-state index contributed by atoms with van der Waals surface area (Å²) in [7, 11) is 1.83. The largest absolute Gasteiger partial charge is 0.419 e. The van der Waals surface area contributed by atoms with Crippen molar-refractivity contribution in [1.82, 2.24) is 24.9 Å². The Labute approximate surface area is 162 Å². The number of halogens is 1. The van der Waals surface area contributed by atoms with Crippen LogP contribution in [0.4, 0.5) is 0 Å². The van der Waals surface area contributed by atoms with Crippen LogP contribution in [0.2, 0.25) is 5.02 Å². The van der Waals surface area contributed by atoms with Crippen LogP contribution in [-0.4, -0.2) is 36.8 Å². The summed E-state index contributed by atoms with van der Waals surface area (Å²) in [4.78, 5) is 14.3. The third kappa shape index (κ3) is 4.62. The smallest absolute Gasteiger partial charge is 0.249 e. The maximum Gasteiger partial charge on any atom is 0.249 e. The molecule has 0 radical (unpaired) electrons. The van der Waals surface area contributed by atoms with Crippen LogP contribution in [-0.2, 0) is 18.4 Å². The van der Waals surface area contributed by atoms with E-state index in [1.807, 2.05) is 45.3 Å². The molecule has 0 atom stereocenters. The predicted octanol–water partition coefficient (Wildman–Crippen LogP) is 3.57. The van der Waals surface area contributed by atoms with Gasteiger partial charge in [-0.15, -0.1) is 10.2 Å². The minimum atomic E-state index is -0.147. The van der Waals surface area contributed by atoms with E-state index in [4.69, 9.17) is 16.0 Å². The molecule has 140 valence electrons. The number of hydrogen-bond acceptors (Lipinski definition) is 5. The summed E-state index contributed by atoms with van der Waals surface area (Å²) < 4.78 is 7.39. The fraction of sp³-hybridized carbons (Fsp3) is 0.263. The van der Waals surface area contributed by atoms with Gasteiger partial charge in [-0.25, -0.2) is 0 Å². The van der Waals surface area contributed by atoms with Gasteiger partial charge in [0.15, 0.2) is 0 Å². The molecule has 0 N–H and O–H groups in total. The van der Waals surface area contributed by atoms with E-state index in [0.29, 0.717) is 22.4 Å². The molecule has 0 aliphatic carbocycles. The van der Waals surface area contributed by atoms with Gasteiger partial charge in [-0.2, -0.15) is 5.10 Å². The Kier molecular flexibility index (Phi) is 5.71. The van der Waals surface area contributed by atoms with Crippen LogP contribution in [0.5, 0.6) is 0 Å². The van der Waals surface area contributed by atoms with Crippen LogP contribution < -0.4 is 0 Å². The average Bonchev–Trinajstić information content (AvgIpc) is 3.26. The first-order chi connectivity index (χ1) is 12.9.